The van der Waals surface area contributed by atoms with E-state index in [-0.39, 0.29) is 24.3 Å². The number of para-hydroxylation sites is 1. The summed E-state index contributed by atoms with van der Waals surface area (Å²) < 4.78 is 5.44. The van der Waals surface area contributed by atoms with Gasteiger partial charge in [0.05, 0.1) is 17.6 Å². The molecule has 168 valence electrons. The number of carbonyl (C=O) groups excluding carboxylic acids is 1. The fraction of sp³-hybridized carbons (Fsp3) is 0.400. The molecule has 1 saturated carbocycles. The molecule has 0 spiro atoms. The second-order valence-corrected chi connectivity index (χ2v) is 9.39. The molecule has 1 fully saturated rings. The van der Waals surface area contributed by atoms with Gasteiger partial charge in [0.2, 0.25) is 5.78 Å². The Morgan fingerprint density at radius 3 is 2.91 bits per heavy atom. The highest BCUT2D eigenvalue weighted by atomic mass is 32.1. The van der Waals surface area contributed by atoms with Gasteiger partial charge >= 0.3 is 0 Å². The Morgan fingerprint density at radius 1 is 1.28 bits per heavy atom. The number of ether oxygens (including phenoxy) is 1. The third kappa shape index (κ3) is 5.00. The summed E-state index contributed by atoms with van der Waals surface area (Å²) in [6.45, 7) is 2.36. The predicted octanol–water partition coefficient (Wildman–Crippen LogP) is 4.38. The number of aromatic nitrogens is 2. The van der Waals surface area contributed by atoms with E-state index in [1.54, 1.807) is 13.3 Å². The van der Waals surface area contributed by atoms with E-state index >= 15 is 0 Å². The fourth-order valence-corrected chi connectivity index (χ4v) is 5.36. The van der Waals surface area contributed by atoms with Gasteiger partial charge in [-0.25, -0.2) is 9.97 Å². The standard InChI is InChI=1S/C25H29N3O3S/c1-16-9-20(11-19(16)13-29)28-25-21(12-26-15-27-25)24(30)23-10-17(14-32-23)7-8-18-5-3-4-6-22(18)31-2/h3-6,10,12,14-16,19-20,29H,7-9,11,13H2,1-2H3,(H,26,27,28)/t16-,19+,20-/m0/s1. The zero-order valence-corrected chi connectivity index (χ0v) is 19.3. The Kier molecular flexibility index (Phi) is 7.17. The number of aliphatic hydroxyl groups excluding tert-OH is 1. The van der Waals surface area contributed by atoms with Gasteiger partial charge in [0.1, 0.15) is 17.9 Å². The van der Waals surface area contributed by atoms with Crippen molar-refractivity contribution >= 4 is 22.9 Å². The first-order valence-corrected chi connectivity index (χ1v) is 11.9. The number of thiophene rings is 1. The molecule has 2 heterocycles. The van der Waals surface area contributed by atoms with Gasteiger partial charge in [0.15, 0.2) is 0 Å². The van der Waals surface area contributed by atoms with Crippen LogP contribution in [0.25, 0.3) is 0 Å². The molecule has 2 N–H and O–H groups in total. The summed E-state index contributed by atoms with van der Waals surface area (Å²) in [6.07, 6.45) is 6.57. The van der Waals surface area contributed by atoms with Gasteiger partial charge in [-0.1, -0.05) is 25.1 Å². The first-order valence-electron chi connectivity index (χ1n) is 11.0. The summed E-state index contributed by atoms with van der Waals surface area (Å²) >= 11 is 1.46. The third-order valence-corrected chi connectivity index (χ3v) is 7.31. The number of benzene rings is 1. The molecule has 0 radical (unpaired) electrons. The summed E-state index contributed by atoms with van der Waals surface area (Å²) in [7, 11) is 1.68. The van der Waals surface area contributed by atoms with Crippen molar-refractivity contribution in [2.45, 2.75) is 38.6 Å². The van der Waals surface area contributed by atoms with Crippen LogP contribution in [0, 0.1) is 11.8 Å². The smallest absolute Gasteiger partial charge is 0.208 e. The largest absolute Gasteiger partial charge is 0.496 e. The zero-order chi connectivity index (χ0) is 22.5. The minimum Gasteiger partial charge on any atom is -0.496 e. The SMILES string of the molecule is COc1ccccc1CCc1csc(C(=O)c2cncnc2N[C@@H]2C[C@H](CO)[C@@H](C)C2)c1. The molecule has 0 amide bonds. The molecule has 7 heteroatoms. The number of aliphatic hydroxyl groups is 1. The van der Waals surface area contributed by atoms with Crippen molar-refractivity contribution in [2.24, 2.45) is 11.8 Å². The lowest BCUT2D eigenvalue weighted by atomic mass is 10.00. The quantitative estimate of drug-likeness (QED) is 0.470. The fourth-order valence-electron chi connectivity index (χ4n) is 4.46. The van der Waals surface area contributed by atoms with Crippen LogP contribution in [0.4, 0.5) is 5.82 Å². The van der Waals surface area contributed by atoms with Crippen molar-refractivity contribution in [2.75, 3.05) is 19.0 Å². The lowest BCUT2D eigenvalue weighted by Crippen LogP contribution is -2.19. The minimum atomic E-state index is -0.0635. The Bertz CT molecular complexity index is 1070. The Hall–Kier alpha value is -2.77. The topological polar surface area (TPSA) is 84.3 Å². The van der Waals surface area contributed by atoms with Crippen LogP contribution in [-0.4, -0.2) is 40.6 Å². The molecule has 1 aromatic carbocycles. The van der Waals surface area contributed by atoms with E-state index in [2.05, 4.69) is 28.3 Å². The Morgan fingerprint density at radius 2 is 2.12 bits per heavy atom. The van der Waals surface area contributed by atoms with Crippen molar-refractivity contribution < 1.29 is 14.6 Å². The number of nitrogens with one attached hydrogen (secondary N) is 1. The number of ketones is 1. The van der Waals surface area contributed by atoms with Crippen LogP contribution in [0.2, 0.25) is 0 Å². The van der Waals surface area contributed by atoms with Crippen LogP contribution in [0.15, 0.2) is 48.2 Å². The van der Waals surface area contributed by atoms with Gasteiger partial charge in [0.25, 0.3) is 0 Å². The number of methoxy groups -OCH3 is 1. The van der Waals surface area contributed by atoms with Gasteiger partial charge in [-0.15, -0.1) is 11.3 Å². The van der Waals surface area contributed by atoms with Gasteiger partial charge in [-0.05, 0) is 66.2 Å². The van der Waals surface area contributed by atoms with E-state index in [0.717, 1.165) is 42.6 Å². The number of aryl methyl sites for hydroxylation is 2. The first-order chi connectivity index (χ1) is 15.6. The summed E-state index contributed by atoms with van der Waals surface area (Å²) in [5.41, 5.74) is 2.78. The van der Waals surface area contributed by atoms with Crippen LogP contribution in [0.5, 0.6) is 5.75 Å². The second kappa shape index (κ2) is 10.2. The van der Waals surface area contributed by atoms with E-state index in [1.165, 1.54) is 17.7 Å². The monoisotopic (exact) mass is 451 g/mol. The average Bonchev–Trinajstić information content (AvgIpc) is 3.44. The second-order valence-electron chi connectivity index (χ2n) is 8.48. The third-order valence-electron chi connectivity index (χ3n) is 6.33. The van der Waals surface area contributed by atoms with Crippen LogP contribution in [0.1, 0.15) is 46.1 Å². The molecule has 32 heavy (non-hydrogen) atoms. The van der Waals surface area contributed by atoms with Crippen molar-refractivity contribution in [3.63, 3.8) is 0 Å². The summed E-state index contributed by atoms with van der Waals surface area (Å²) in [5, 5.41) is 15.0. The molecule has 0 bridgehead atoms. The highest BCUT2D eigenvalue weighted by molar-refractivity contribution is 7.12. The summed E-state index contributed by atoms with van der Waals surface area (Å²) in [4.78, 5) is 22.4. The maximum absolute atomic E-state index is 13.2. The molecular weight excluding hydrogens is 422 g/mol. The minimum absolute atomic E-state index is 0.0635. The van der Waals surface area contributed by atoms with Crippen LogP contribution in [0.3, 0.4) is 0 Å². The van der Waals surface area contributed by atoms with Gasteiger partial charge < -0.3 is 15.2 Å². The molecule has 3 aromatic rings. The van der Waals surface area contributed by atoms with Crippen LogP contribution in [-0.2, 0) is 12.8 Å². The number of hydrogen-bond acceptors (Lipinski definition) is 7. The van der Waals surface area contributed by atoms with E-state index in [4.69, 9.17) is 4.74 Å². The number of hydrogen-bond donors (Lipinski definition) is 2. The average molecular weight is 452 g/mol. The normalized spacial score (nSPS) is 20.3. The highest BCUT2D eigenvalue weighted by Crippen LogP contribution is 2.33. The predicted molar refractivity (Wildman–Crippen MR) is 127 cm³/mol. The molecule has 0 unspecified atom stereocenters. The summed E-state index contributed by atoms with van der Waals surface area (Å²) in [5.74, 6) is 2.13. The van der Waals surface area contributed by atoms with Crippen molar-refractivity contribution in [1.29, 1.82) is 0 Å². The number of anilines is 1. The molecule has 6 nitrogen and oxygen atoms in total. The van der Waals surface area contributed by atoms with E-state index < -0.39 is 0 Å². The number of carbonyl (C=O) groups is 1. The van der Waals surface area contributed by atoms with Crippen molar-refractivity contribution in [1.82, 2.24) is 9.97 Å². The van der Waals surface area contributed by atoms with Gasteiger partial charge in [-0.2, -0.15) is 0 Å². The first kappa shape index (κ1) is 22.4. The Balaban J connectivity index is 1.45. The molecule has 2 aromatic heterocycles. The zero-order valence-electron chi connectivity index (χ0n) is 18.5. The molecule has 1 aliphatic rings. The molecule has 0 aliphatic heterocycles. The van der Waals surface area contributed by atoms with Crippen LogP contribution < -0.4 is 10.1 Å². The summed E-state index contributed by atoms with van der Waals surface area (Å²) in [6, 6.07) is 10.2. The molecule has 1 aliphatic carbocycles. The van der Waals surface area contributed by atoms with E-state index in [1.807, 2.05) is 29.6 Å². The lowest BCUT2D eigenvalue weighted by Gasteiger charge is -2.15. The lowest BCUT2D eigenvalue weighted by molar-refractivity contribution is 0.104. The van der Waals surface area contributed by atoms with Crippen LogP contribution >= 0.6 is 11.3 Å². The van der Waals surface area contributed by atoms with Gasteiger partial charge in [0, 0.05) is 18.8 Å². The van der Waals surface area contributed by atoms with Gasteiger partial charge in [-0.3, -0.25) is 4.79 Å². The van der Waals surface area contributed by atoms with Crippen molar-refractivity contribution in [3.05, 3.63) is 69.8 Å². The molecular formula is C25H29N3O3S. The number of rotatable bonds is 9. The maximum Gasteiger partial charge on any atom is 0.208 e. The van der Waals surface area contributed by atoms with E-state index in [9.17, 15) is 9.90 Å². The Labute approximate surface area is 192 Å². The van der Waals surface area contributed by atoms with Crippen molar-refractivity contribution in [3.8, 4) is 5.75 Å². The molecule has 0 saturated heterocycles. The maximum atomic E-state index is 13.2. The van der Waals surface area contributed by atoms with E-state index in [0.29, 0.717) is 22.2 Å². The number of nitrogens with zero attached hydrogens (tertiary/aromatic N) is 2. The highest BCUT2D eigenvalue weighted by Gasteiger charge is 2.31. The molecule has 4 rings (SSSR count). The molecule has 3 atom stereocenters.